The lowest BCUT2D eigenvalue weighted by Gasteiger charge is -2.31. The van der Waals surface area contributed by atoms with E-state index < -0.39 is 32.2 Å². The molecular weight excluding hydrogens is 302 g/mol. The van der Waals surface area contributed by atoms with Crippen molar-refractivity contribution >= 4 is 15.7 Å². The number of halogens is 2. The summed E-state index contributed by atoms with van der Waals surface area (Å²) in [6.45, 7) is 2.75. The minimum atomic E-state index is -4.05. The highest BCUT2D eigenvalue weighted by Gasteiger charge is 2.33. The van der Waals surface area contributed by atoms with E-state index in [9.17, 15) is 17.2 Å². The molecule has 0 spiro atoms. The second-order valence-corrected chi connectivity index (χ2v) is 6.79. The summed E-state index contributed by atoms with van der Waals surface area (Å²) in [5.74, 6) is -2.11. The van der Waals surface area contributed by atoms with Crippen molar-refractivity contribution in [2.24, 2.45) is 0 Å². The van der Waals surface area contributed by atoms with E-state index in [1.165, 1.54) is 0 Å². The molecule has 0 aliphatic carbocycles. The third-order valence-electron chi connectivity index (χ3n) is 3.41. The number of hydrogen-bond acceptors (Lipinski definition) is 4. The highest BCUT2D eigenvalue weighted by atomic mass is 32.2. The van der Waals surface area contributed by atoms with Gasteiger partial charge in [0, 0.05) is 25.8 Å². The molecule has 0 saturated carbocycles. The molecule has 1 fully saturated rings. The van der Waals surface area contributed by atoms with Gasteiger partial charge in [0.05, 0.1) is 11.8 Å². The van der Waals surface area contributed by atoms with Crippen molar-refractivity contribution in [1.82, 2.24) is 4.31 Å². The summed E-state index contributed by atoms with van der Waals surface area (Å²) in [6.07, 6.45) is 1.18. The largest absolute Gasteiger partial charge is 0.396 e. The molecule has 1 aliphatic rings. The van der Waals surface area contributed by atoms with Crippen LogP contribution in [-0.2, 0) is 14.8 Å². The van der Waals surface area contributed by atoms with Crippen molar-refractivity contribution in [3.63, 3.8) is 0 Å². The monoisotopic (exact) mass is 320 g/mol. The molecule has 1 atom stereocenters. The van der Waals surface area contributed by atoms with E-state index in [1.807, 2.05) is 6.92 Å². The van der Waals surface area contributed by atoms with Crippen LogP contribution in [0, 0.1) is 11.6 Å². The second-order valence-electron chi connectivity index (χ2n) is 4.89. The maximum atomic E-state index is 13.8. The van der Waals surface area contributed by atoms with Gasteiger partial charge in [0.15, 0.2) is 0 Å². The van der Waals surface area contributed by atoms with Crippen LogP contribution in [0.1, 0.15) is 19.8 Å². The number of hydrogen-bond donors (Lipinski definition) is 1. The minimum Gasteiger partial charge on any atom is -0.396 e. The predicted octanol–water partition coefficient (Wildman–Crippen LogP) is 1.74. The van der Waals surface area contributed by atoms with Crippen LogP contribution < -0.4 is 5.73 Å². The maximum Gasteiger partial charge on any atom is 0.246 e. The third-order valence-corrected chi connectivity index (χ3v) is 5.29. The second kappa shape index (κ2) is 6.25. The first kappa shape index (κ1) is 16.1. The summed E-state index contributed by atoms with van der Waals surface area (Å²) in [5, 5.41) is 0. The Bertz CT molecular complexity index is 620. The van der Waals surface area contributed by atoms with Crippen molar-refractivity contribution in [1.29, 1.82) is 0 Å². The van der Waals surface area contributed by atoms with Crippen LogP contribution in [0.4, 0.5) is 14.5 Å². The average molecular weight is 320 g/mol. The number of nitrogens with two attached hydrogens (primary N) is 1. The van der Waals surface area contributed by atoms with Gasteiger partial charge in [0.25, 0.3) is 0 Å². The number of nitrogens with zero attached hydrogens (tertiary/aromatic N) is 1. The molecular formula is C13H18F2N2O3S. The van der Waals surface area contributed by atoms with Crippen molar-refractivity contribution in [2.45, 2.75) is 30.8 Å². The van der Waals surface area contributed by atoms with Crippen LogP contribution in [0.2, 0.25) is 0 Å². The van der Waals surface area contributed by atoms with Gasteiger partial charge in [-0.15, -0.1) is 0 Å². The predicted molar refractivity (Wildman–Crippen MR) is 74.2 cm³/mol. The van der Waals surface area contributed by atoms with Gasteiger partial charge < -0.3 is 10.5 Å². The Morgan fingerprint density at radius 1 is 1.38 bits per heavy atom. The Morgan fingerprint density at radius 2 is 2.10 bits per heavy atom. The number of sulfonamides is 1. The van der Waals surface area contributed by atoms with Crippen LogP contribution >= 0.6 is 0 Å². The average Bonchev–Trinajstić information content (AvgIpc) is 2.43. The number of nitrogen functional groups attached to an aromatic ring is 1. The van der Waals surface area contributed by atoms with Gasteiger partial charge in [0.1, 0.15) is 16.5 Å². The molecule has 21 heavy (non-hydrogen) atoms. The molecule has 0 bridgehead atoms. The number of benzene rings is 1. The fraction of sp³-hybridized carbons (Fsp3) is 0.538. The van der Waals surface area contributed by atoms with Crippen LogP contribution in [0.3, 0.4) is 0 Å². The molecule has 5 nitrogen and oxygen atoms in total. The van der Waals surface area contributed by atoms with Gasteiger partial charge in [-0.3, -0.25) is 0 Å². The Kier molecular flexibility index (Phi) is 4.80. The molecule has 1 unspecified atom stereocenters. The normalized spacial score (nSPS) is 20.6. The van der Waals surface area contributed by atoms with Crippen LogP contribution in [0.15, 0.2) is 17.0 Å². The van der Waals surface area contributed by atoms with Gasteiger partial charge in [-0.1, -0.05) is 0 Å². The summed E-state index contributed by atoms with van der Waals surface area (Å²) in [7, 11) is -4.05. The number of anilines is 1. The van der Waals surface area contributed by atoms with E-state index in [0.717, 1.165) is 16.8 Å². The van der Waals surface area contributed by atoms with E-state index in [0.29, 0.717) is 19.1 Å². The topological polar surface area (TPSA) is 72.6 Å². The smallest absolute Gasteiger partial charge is 0.246 e. The highest BCUT2D eigenvalue weighted by Crippen LogP contribution is 2.26. The molecule has 0 aromatic heterocycles. The standard InChI is InChI=1S/C13H18F2N2O3S/c1-2-20-9-4-3-5-17(8-9)21(18,19)13-7-12(16)10(14)6-11(13)15/h6-7,9H,2-5,8,16H2,1H3. The lowest BCUT2D eigenvalue weighted by Crippen LogP contribution is -2.43. The zero-order valence-corrected chi connectivity index (χ0v) is 12.5. The molecule has 1 saturated heterocycles. The molecule has 2 N–H and O–H groups in total. The van der Waals surface area contributed by atoms with Crippen molar-refractivity contribution < 1.29 is 21.9 Å². The highest BCUT2D eigenvalue weighted by molar-refractivity contribution is 7.89. The summed E-state index contributed by atoms with van der Waals surface area (Å²) < 4.78 is 58.5. The molecule has 8 heteroatoms. The van der Waals surface area contributed by atoms with E-state index in [4.69, 9.17) is 10.5 Å². The molecule has 118 valence electrons. The Balaban J connectivity index is 2.31. The van der Waals surface area contributed by atoms with Crippen molar-refractivity contribution in [2.75, 3.05) is 25.4 Å². The zero-order valence-electron chi connectivity index (χ0n) is 11.7. The molecule has 1 aromatic carbocycles. The zero-order chi connectivity index (χ0) is 15.6. The van der Waals surface area contributed by atoms with E-state index >= 15 is 0 Å². The first-order chi connectivity index (χ1) is 9.86. The van der Waals surface area contributed by atoms with Gasteiger partial charge in [0.2, 0.25) is 10.0 Å². The number of rotatable bonds is 4. The Morgan fingerprint density at radius 3 is 2.76 bits per heavy atom. The first-order valence-electron chi connectivity index (χ1n) is 6.72. The number of piperidine rings is 1. The summed E-state index contributed by atoms with van der Waals surface area (Å²) in [4.78, 5) is -0.599. The summed E-state index contributed by atoms with van der Waals surface area (Å²) in [5.41, 5.74) is 4.95. The SMILES string of the molecule is CCOC1CCCN(S(=O)(=O)c2cc(N)c(F)cc2F)C1. The third kappa shape index (κ3) is 3.33. The lowest BCUT2D eigenvalue weighted by molar-refractivity contribution is 0.0264. The summed E-state index contributed by atoms with van der Waals surface area (Å²) >= 11 is 0. The van der Waals surface area contributed by atoms with Gasteiger partial charge in [-0.25, -0.2) is 17.2 Å². The first-order valence-corrected chi connectivity index (χ1v) is 8.16. The molecule has 1 heterocycles. The molecule has 0 radical (unpaired) electrons. The molecule has 1 aromatic rings. The van der Waals surface area contributed by atoms with Crippen LogP contribution in [-0.4, -0.2) is 38.5 Å². The van der Waals surface area contributed by atoms with Gasteiger partial charge >= 0.3 is 0 Å². The van der Waals surface area contributed by atoms with E-state index in [2.05, 4.69) is 0 Å². The van der Waals surface area contributed by atoms with E-state index in [-0.39, 0.29) is 19.2 Å². The van der Waals surface area contributed by atoms with Gasteiger partial charge in [-0.2, -0.15) is 4.31 Å². The summed E-state index contributed by atoms with van der Waals surface area (Å²) in [6, 6.07) is 1.32. The molecule has 1 aliphatic heterocycles. The number of ether oxygens (including phenoxy) is 1. The Labute approximate surface area is 122 Å². The lowest BCUT2D eigenvalue weighted by atomic mass is 10.1. The van der Waals surface area contributed by atoms with Crippen molar-refractivity contribution in [3.8, 4) is 0 Å². The molecule has 2 rings (SSSR count). The minimum absolute atomic E-state index is 0.160. The fourth-order valence-corrected chi connectivity index (χ4v) is 3.97. The maximum absolute atomic E-state index is 13.8. The Hall–Kier alpha value is -1.25. The van der Waals surface area contributed by atoms with Crippen LogP contribution in [0.5, 0.6) is 0 Å². The van der Waals surface area contributed by atoms with Crippen LogP contribution in [0.25, 0.3) is 0 Å². The van der Waals surface area contributed by atoms with E-state index in [1.54, 1.807) is 0 Å². The molecule has 0 amide bonds. The van der Waals surface area contributed by atoms with Gasteiger partial charge in [-0.05, 0) is 25.8 Å². The quantitative estimate of drug-likeness (QED) is 0.858. The fourth-order valence-electron chi connectivity index (χ4n) is 2.38. The van der Waals surface area contributed by atoms with Crippen molar-refractivity contribution in [3.05, 3.63) is 23.8 Å².